The van der Waals surface area contributed by atoms with Crippen molar-refractivity contribution in [2.24, 2.45) is 5.92 Å². The summed E-state index contributed by atoms with van der Waals surface area (Å²) >= 11 is 0. The lowest BCUT2D eigenvalue weighted by Gasteiger charge is -2.20. The molecule has 0 bridgehead atoms. The second-order valence-corrected chi connectivity index (χ2v) is 5.10. The highest BCUT2D eigenvalue weighted by atomic mass is 16.5. The summed E-state index contributed by atoms with van der Waals surface area (Å²) in [5.41, 5.74) is 1.25. The summed E-state index contributed by atoms with van der Waals surface area (Å²) < 4.78 is 5.14. The minimum Gasteiger partial charge on any atom is -0.497 e. The first-order valence-corrected chi connectivity index (χ1v) is 6.53. The molecule has 0 heterocycles. The Morgan fingerprint density at radius 1 is 1.33 bits per heavy atom. The van der Waals surface area contributed by atoms with Crippen LogP contribution in [0.5, 0.6) is 5.75 Å². The third-order valence-electron chi connectivity index (χ3n) is 3.57. The normalized spacial score (nSPS) is 19.5. The van der Waals surface area contributed by atoms with Crippen LogP contribution in [0.15, 0.2) is 24.3 Å². The molecule has 0 aromatic heterocycles. The highest BCUT2D eigenvalue weighted by Gasteiger charge is 2.25. The average Bonchev–Trinajstić information content (AvgIpc) is 2.76. The first-order chi connectivity index (χ1) is 8.69. The molecule has 1 saturated carbocycles. The number of carbonyl (C=O) groups excluding carboxylic acids is 1. The van der Waals surface area contributed by atoms with Crippen LogP contribution in [-0.2, 0) is 11.3 Å². The molecule has 0 N–H and O–H groups in total. The van der Waals surface area contributed by atoms with Crippen LogP contribution in [0.2, 0.25) is 0 Å². The van der Waals surface area contributed by atoms with E-state index in [1.54, 1.807) is 7.11 Å². The predicted molar refractivity (Wildman–Crippen MR) is 71.7 cm³/mol. The van der Waals surface area contributed by atoms with E-state index < -0.39 is 0 Å². The molecule has 98 valence electrons. The van der Waals surface area contributed by atoms with Crippen LogP contribution in [0.4, 0.5) is 0 Å². The lowest BCUT2D eigenvalue weighted by atomic mass is 10.1. The number of ether oxygens (including phenoxy) is 1. The Hall–Kier alpha value is -1.35. The molecular weight excluding hydrogens is 226 g/mol. The fraction of sp³-hybridized carbons (Fsp3) is 0.533. The molecule has 0 saturated heterocycles. The van der Waals surface area contributed by atoms with Crippen molar-refractivity contribution in [3.05, 3.63) is 29.8 Å². The Kier molecular flexibility index (Phi) is 4.37. The van der Waals surface area contributed by atoms with E-state index in [2.05, 4.69) is 24.1 Å². The zero-order chi connectivity index (χ0) is 13.0. The number of nitrogens with zero attached hydrogens (tertiary/aromatic N) is 1. The molecule has 1 unspecified atom stereocenters. The van der Waals surface area contributed by atoms with Crippen molar-refractivity contribution in [3.63, 3.8) is 0 Å². The van der Waals surface area contributed by atoms with Crippen molar-refractivity contribution < 1.29 is 9.53 Å². The van der Waals surface area contributed by atoms with Gasteiger partial charge in [0.05, 0.1) is 7.11 Å². The highest BCUT2D eigenvalue weighted by molar-refractivity contribution is 5.83. The molecular formula is C15H21NO2. The molecule has 3 nitrogen and oxygen atoms in total. The summed E-state index contributed by atoms with van der Waals surface area (Å²) in [6.07, 6.45) is 2.91. The lowest BCUT2D eigenvalue weighted by molar-refractivity contribution is -0.121. The first-order valence-electron chi connectivity index (χ1n) is 6.53. The number of methoxy groups -OCH3 is 1. The molecule has 1 aromatic carbocycles. The number of Topliss-reactive ketones (excluding diaryl/α,β-unsaturated/α-hetero) is 1. The minimum atomic E-state index is 0.258. The van der Waals surface area contributed by atoms with E-state index >= 15 is 0 Å². The van der Waals surface area contributed by atoms with Crippen molar-refractivity contribution in [1.29, 1.82) is 0 Å². The van der Waals surface area contributed by atoms with Gasteiger partial charge in [-0.05, 0) is 37.6 Å². The predicted octanol–water partition coefficient (Wildman–Crippen LogP) is 2.50. The van der Waals surface area contributed by atoms with E-state index in [9.17, 15) is 4.79 Å². The van der Waals surface area contributed by atoms with E-state index in [-0.39, 0.29) is 5.92 Å². The highest BCUT2D eigenvalue weighted by Crippen LogP contribution is 2.22. The van der Waals surface area contributed by atoms with Crippen molar-refractivity contribution >= 4 is 5.78 Å². The molecule has 1 aliphatic rings. The summed E-state index contributed by atoms with van der Waals surface area (Å²) in [6, 6.07) is 8.10. The van der Waals surface area contributed by atoms with Gasteiger partial charge in [0.1, 0.15) is 11.5 Å². The molecule has 1 aromatic rings. The van der Waals surface area contributed by atoms with Crippen molar-refractivity contribution in [3.8, 4) is 5.75 Å². The summed E-state index contributed by atoms with van der Waals surface area (Å²) in [4.78, 5) is 13.8. The van der Waals surface area contributed by atoms with Gasteiger partial charge in [0, 0.05) is 25.4 Å². The van der Waals surface area contributed by atoms with Crippen LogP contribution >= 0.6 is 0 Å². The van der Waals surface area contributed by atoms with Crippen LogP contribution in [0, 0.1) is 5.92 Å². The maximum Gasteiger partial charge on any atom is 0.137 e. The van der Waals surface area contributed by atoms with Gasteiger partial charge in [0.25, 0.3) is 0 Å². The smallest absolute Gasteiger partial charge is 0.137 e. The third-order valence-corrected chi connectivity index (χ3v) is 3.57. The molecule has 18 heavy (non-hydrogen) atoms. The van der Waals surface area contributed by atoms with Gasteiger partial charge in [0.2, 0.25) is 0 Å². The van der Waals surface area contributed by atoms with Gasteiger partial charge in [-0.15, -0.1) is 0 Å². The maximum absolute atomic E-state index is 11.6. The van der Waals surface area contributed by atoms with Crippen LogP contribution in [-0.4, -0.2) is 31.4 Å². The summed E-state index contributed by atoms with van der Waals surface area (Å²) in [7, 11) is 3.75. The summed E-state index contributed by atoms with van der Waals surface area (Å²) in [5.74, 6) is 1.58. The standard InChI is InChI=1S/C15H21NO2/c1-16(11-13-4-3-5-15(13)17)10-12-6-8-14(18-2)9-7-12/h6-9,13H,3-5,10-11H2,1-2H3. The van der Waals surface area contributed by atoms with Gasteiger partial charge in [-0.2, -0.15) is 0 Å². The zero-order valence-corrected chi connectivity index (χ0v) is 11.2. The third kappa shape index (κ3) is 3.33. The van der Waals surface area contributed by atoms with E-state index in [0.717, 1.165) is 38.1 Å². The molecule has 0 spiro atoms. The Bertz CT molecular complexity index is 399. The molecule has 1 fully saturated rings. The van der Waals surface area contributed by atoms with Gasteiger partial charge in [-0.3, -0.25) is 4.79 Å². The molecule has 2 rings (SSSR count). The van der Waals surface area contributed by atoms with Gasteiger partial charge >= 0.3 is 0 Å². The molecule has 0 aliphatic heterocycles. The SMILES string of the molecule is COc1ccc(CN(C)CC2CCCC2=O)cc1. The van der Waals surface area contributed by atoms with Crippen LogP contribution in [0.25, 0.3) is 0 Å². The zero-order valence-electron chi connectivity index (χ0n) is 11.2. The minimum absolute atomic E-state index is 0.258. The van der Waals surface area contributed by atoms with Crippen molar-refractivity contribution in [2.75, 3.05) is 20.7 Å². The maximum atomic E-state index is 11.6. The average molecular weight is 247 g/mol. The first kappa shape index (κ1) is 13.1. The fourth-order valence-corrected chi connectivity index (χ4v) is 2.56. The monoisotopic (exact) mass is 247 g/mol. The number of carbonyl (C=O) groups is 1. The van der Waals surface area contributed by atoms with E-state index in [1.807, 2.05) is 12.1 Å². The van der Waals surface area contributed by atoms with Crippen molar-refractivity contribution in [1.82, 2.24) is 4.90 Å². The quantitative estimate of drug-likeness (QED) is 0.800. The van der Waals surface area contributed by atoms with Gasteiger partial charge in [-0.25, -0.2) is 0 Å². The van der Waals surface area contributed by atoms with E-state index in [0.29, 0.717) is 5.78 Å². The number of hydrogen-bond acceptors (Lipinski definition) is 3. The van der Waals surface area contributed by atoms with Crippen LogP contribution < -0.4 is 4.74 Å². The molecule has 0 amide bonds. The van der Waals surface area contributed by atoms with E-state index in [1.165, 1.54) is 5.56 Å². The lowest BCUT2D eigenvalue weighted by Crippen LogP contribution is -2.27. The van der Waals surface area contributed by atoms with Gasteiger partial charge in [0.15, 0.2) is 0 Å². The topological polar surface area (TPSA) is 29.5 Å². The van der Waals surface area contributed by atoms with Crippen LogP contribution in [0.3, 0.4) is 0 Å². The second-order valence-electron chi connectivity index (χ2n) is 5.10. The van der Waals surface area contributed by atoms with E-state index in [4.69, 9.17) is 4.74 Å². The van der Waals surface area contributed by atoms with Crippen LogP contribution in [0.1, 0.15) is 24.8 Å². The van der Waals surface area contributed by atoms with Gasteiger partial charge < -0.3 is 9.64 Å². The molecule has 1 atom stereocenters. The summed E-state index contributed by atoms with van der Waals surface area (Å²) in [5, 5.41) is 0. The number of hydrogen-bond donors (Lipinski definition) is 0. The number of ketones is 1. The Morgan fingerprint density at radius 3 is 2.61 bits per heavy atom. The van der Waals surface area contributed by atoms with Gasteiger partial charge in [-0.1, -0.05) is 12.1 Å². The molecule has 3 heteroatoms. The Morgan fingerprint density at radius 2 is 2.06 bits per heavy atom. The Labute approximate surface area is 109 Å². The number of benzene rings is 1. The Balaban J connectivity index is 1.86. The largest absolute Gasteiger partial charge is 0.497 e. The summed E-state index contributed by atoms with van der Waals surface area (Å²) in [6.45, 7) is 1.76. The fourth-order valence-electron chi connectivity index (χ4n) is 2.56. The second kappa shape index (κ2) is 6.01. The molecule has 1 aliphatic carbocycles. The van der Waals surface area contributed by atoms with Crippen molar-refractivity contribution in [2.45, 2.75) is 25.8 Å². The number of rotatable bonds is 5. The molecule has 0 radical (unpaired) electrons.